The van der Waals surface area contributed by atoms with Crippen LogP contribution in [0.2, 0.25) is 0 Å². The van der Waals surface area contributed by atoms with Crippen molar-refractivity contribution in [1.82, 2.24) is 14.7 Å². The maximum absolute atomic E-state index is 6.21. The number of nitrogens with two attached hydrogens (primary N) is 1. The second-order valence-corrected chi connectivity index (χ2v) is 4.65. The van der Waals surface area contributed by atoms with Crippen LogP contribution >= 0.6 is 0 Å². The van der Waals surface area contributed by atoms with Crippen molar-refractivity contribution in [3.8, 4) is 0 Å². The van der Waals surface area contributed by atoms with Crippen molar-refractivity contribution >= 4 is 0 Å². The minimum atomic E-state index is -0.129. The first kappa shape index (κ1) is 12.5. The van der Waals surface area contributed by atoms with Gasteiger partial charge < -0.3 is 10.5 Å². The zero-order chi connectivity index (χ0) is 12.3. The minimum Gasteiger partial charge on any atom is -0.374 e. The Morgan fingerprint density at radius 3 is 3.12 bits per heavy atom. The molecule has 0 amide bonds. The van der Waals surface area contributed by atoms with Crippen molar-refractivity contribution in [3.63, 3.8) is 0 Å². The Bertz CT molecular complexity index is 350. The zero-order valence-electron chi connectivity index (χ0n) is 10.7. The van der Waals surface area contributed by atoms with E-state index >= 15 is 0 Å². The zero-order valence-corrected chi connectivity index (χ0v) is 10.7. The van der Waals surface area contributed by atoms with E-state index in [0.717, 1.165) is 31.9 Å². The summed E-state index contributed by atoms with van der Waals surface area (Å²) in [5.74, 6) is 0. The van der Waals surface area contributed by atoms with Crippen molar-refractivity contribution in [2.24, 2.45) is 12.8 Å². The Hall–Kier alpha value is -0.910. The van der Waals surface area contributed by atoms with Gasteiger partial charge in [-0.3, -0.25) is 9.58 Å². The van der Waals surface area contributed by atoms with Gasteiger partial charge in [0, 0.05) is 26.3 Å². The van der Waals surface area contributed by atoms with Crippen LogP contribution in [-0.2, 0) is 11.8 Å². The van der Waals surface area contributed by atoms with E-state index in [4.69, 9.17) is 10.5 Å². The summed E-state index contributed by atoms with van der Waals surface area (Å²) in [4.78, 5) is 2.41. The fraction of sp³-hybridized carbons (Fsp3) is 0.750. The van der Waals surface area contributed by atoms with E-state index in [1.54, 1.807) is 4.68 Å². The molecule has 1 aliphatic heterocycles. The van der Waals surface area contributed by atoms with Crippen LogP contribution in [0.4, 0.5) is 0 Å². The summed E-state index contributed by atoms with van der Waals surface area (Å²) in [7, 11) is 1.90. The van der Waals surface area contributed by atoms with E-state index in [9.17, 15) is 0 Å². The summed E-state index contributed by atoms with van der Waals surface area (Å²) in [5.41, 5.74) is 7.13. The van der Waals surface area contributed by atoms with Gasteiger partial charge in [0.2, 0.25) is 0 Å². The Morgan fingerprint density at radius 2 is 2.47 bits per heavy atom. The molecular formula is C12H22N4O. The smallest absolute Gasteiger partial charge is 0.0910 e. The molecule has 96 valence electrons. The fourth-order valence-corrected chi connectivity index (χ4v) is 2.27. The van der Waals surface area contributed by atoms with Crippen molar-refractivity contribution in [2.75, 3.05) is 26.2 Å². The summed E-state index contributed by atoms with van der Waals surface area (Å²) in [6.45, 7) is 6.01. The third-order valence-electron chi connectivity index (χ3n) is 3.19. The molecule has 0 bridgehead atoms. The van der Waals surface area contributed by atoms with Crippen LogP contribution in [0.3, 0.4) is 0 Å². The molecule has 1 fully saturated rings. The van der Waals surface area contributed by atoms with E-state index in [0.29, 0.717) is 0 Å². The molecule has 1 aromatic rings. The van der Waals surface area contributed by atoms with Gasteiger partial charge in [0.1, 0.15) is 0 Å². The number of nitrogens with zero attached hydrogens (tertiary/aromatic N) is 3. The highest BCUT2D eigenvalue weighted by atomic mass is 16.5. The highest BCUT2D eigenvalue weighted by Crippen LogP contribution is 2.18. The molecule has 5 nitrogen and oxygen atoms in total. The minimum absolute atomic E-state index is 0.0604. The maximum atomic E-state index is 6.21. The van der Waals surface area contributed by atoms with Crippen LogP contribution in [-0.4, -0.2) is 47.0 Å². The molecule has 0 spiro atoms. The van der Waals surface area contributed by atoms with Gasteiger partial charge in [-0.15, -0.1) is 0 Å². The molecule has 1 saturated heterocycles. The van der Waals surface area contributed by atoms with Gasteiger partial charge in [0.25, 0.3) is 0 Å². The Morgan fingerprint density at radius 1 is 1.65 bits per heavy atom. The SMILES string of the molecule is CCCN1CCOC(C(N)c2ccn(C)n2)C1. The highest BCUT2D eigenvalue weighted by molar-refractivity contribution is 5.07. The van der Waals surface area contributed by atoms with Gasteiger partial charge in [-0.1, -0.05) is 6.92 Å². The van der Waals surface area contributed by atoms with Crippen LogP contribution in [0.25, 0.3) is 0 Å². The standard InChI is InChI=1S/C12H22N4O/c1-3-5-16-7-8-17-11(9-16)12(13)10-4-6-15(2)14-10/h4,6,11-12H,3,5,7-9,13H2,1-2H3. The molecule has 0 aromatic carbocycles. The lowest BCUT2D eigenvalue weighted by molar-refractivity contribution is -0.0414. The summed E-state index contributed by atoms with van der Waals surface area (Å²) in [6.07, 6.45) is 3.15. The van der Waals surface area contributed by atoms with Crippen molar-refractivity contribution < 1.29 is 4.74 Å². The first-order valence-electron chi connectivity index (χ1n) is 6.29. The van der Waals surface area contributed by atoms with Gasteiger partial charge in [-0.05, 0) is 19.0 Å². The molecule has 2 unspecified atom stereocenters. The number of morpholine rings is 1. The average Bonchev–Trinajstić information content (AvgIpc) is 2.76. The van der Waals surface area contributed by atoms with Crippen molar-refractivity contribution in [1.29, 1.82) is 0 Å². The Balaban J connectivity index is 1.97. The quantitative estimate of drug-likeness (QED) is 0.831. The summed E-state index contributed by atoms with van der Waals surface area (Å²) in [5, 5.41) is 4.35. The molecule has 0 aliphatic carbocycles. The summed E-state index contributed by atoms with van der Waals surface area (Å²) >= 11 is 0. The van der Waals surface area contributed by atoms with E-state index < -0.39 is 0 Å². The lowest BCUT2D eigenvalue weighted by Crippen LogP contribution is -2.47. The van der Waals surface area contributed by atoms with Gasteiger partial charge in [0.05, 0.1) is 24.4 Å². The molecule has 5 heteroatoms. The first-order chi connectivity index (χ1) is 8.20. The lowest BCUT2D eigenvalue weighted by atomic mass is 10.1. The molecule has 0 saturated carbocycles. The number of rotatable bonds is 4. The molecule has 1 aromatic heterocycles. The van der Waals surface area contributed by atoms with Gasteiger partial charge in [-0.2, -0.15) is 5.10 Å². The van der Waals surface area contributed by atoms with E-state index in [-0.39, 0.29) is 12.1 Å². The molecule has 2 atom stereocenters. The van der Waals surface area contributed by atoms with Crippen LogP contribution in [0, 0.1) is 0 Å². The van der Waals surface area contributed by atoms with E-state index in [2.05, 4.69) is 16.9 Å². The third kappa shape index (κ3) is 3.06. The average molecular weight is 238 g/mol. The molecule has 17 heavy (non-hydrogen) atoms. The van der Waals surface area contributed by atoms with Crippen LogP contribution in [0.15, 0.2) is 12.3 Å². The van der Waals surface area contributed by atoms with Crippen molar-refractivity contribution in [2.45, 2.75) is 25.5 Å². The molecule has 2 N–H and O–H groups in total. The highest BCUT2D eigenvalue weighted by Gasteiger charge is 2.27. The molecule has 2 rings (SSSR count). The Labute approximate surface area is 103 Å². The predicted molar refractivity (Wildman–Crippen MR) is 66.6 cm³/mol. The second kappa shape index (κ2) is 5.62. The predicted octanol–water partition coefficient (Wildman–Crippen LogP) is 0.531. The van der Waals surface area contributed by atoms with Crippen LogP contribution in [0.1, 0.15) is 25.1 Å². The molecule has 1 aliphatic rings. The molecule has 0 radical (unpaired) electrons. The summed E-state index contributed by atoms with van der Waals surface area (Å²) < 4.78 is 7.54. The second-order valence-electron chi connectivity index (χ2n) is 4.65. The number of hydrogen-bond acceptors (Lipinski definition) is 4. The van der Waals surface area contributed by atoms with E-state index in [1.807, 2.05) is 19.3 Å². The number of aromatic nitrogens is 2. The number of hydrogen-bond donors (Lipinski definition) is 1. The van der Waals surface area contributed by atoms with Gasteiger partial charge in [0.15, 0.2) is 0 Å². The monoisotopic (exact) mass is 238 g/mol. The topological polar surface area (TPSA) is 56.3 Å². The first-order valence-corrected chi connectivity index (χ1v) is 6.29. The molecular weight excluding hydrogens is 216 g/mol. The number of aryl methyl sites for hydroxylation is 1. The third-order valence-corrected chi connectivity index (χ3v) is 3.19. The normalized spacial score (nSPS) is 23.8. The van der Waals surface area contributed by atoms with Crippen molar-refractivity contribution in [3.05, 3.63) is 18.0 Å². The van der Waals surface area contributed by atoms with Gasteiger partial charge >= 0.3 is 0 Å². The largest absolute Gasteiger partial charge is 0.374 e. The van der Waals surface area contributed by atoms with Gasteiger partial charge in [-0.25, -0.2) is 0 Å². The Kier molecular flexibility index (Phi) is 4.15. The number of ether oxygens (including phenoxy) is 1. The van der Waals surface area contributed by atoms with Crippen LogP contribution < -0.4 is 5.73 Å². The van der Waals surface area contributed by atoms with E-state index in [1.165, 1.54) is 6.42 Å². The van der Waals surface area contributed by atoms with Crippen LogP contribution in [0.5, 0.6) is 0 Å². The summed E-state index contributed by atoms with van der Waals surface area (Å²) in [6, 6.07) is 1.84. The fourth-order valence-electron chi connectivity index (χ4n) is 2.27. The maximum Gasteiger partial charge on any atom is 0.0910 e. The lowest BCUT2D eigenvalue weighted by Gasteiger charge is -2.35. The molecule has 2 heterocycles.